The van der Waals surface area contributed by atoms with Gasteiger partial charge in [-0.1, -0.05) is 24.3 Å². The van der Waals surface area contributed by atoms with Crippen molar-refractivity contribution >= 4 is 16.5 Å². The molecule has 0 radical (unpaired) electrons. The Labute approximate surface area is 110 Å². The van der Waals surface area contributed by atoms with Crippen LogP contribution in [0.3, 0.4) is 0 Å². The van der Waals surface area contributed by atoms with Crippen LogP contribution in [-0.4, -0.2) is 18.7 Å². The molecule has 0 aliphatic rings. The lowest BCUT2D eigenvalue weighted by Gasteiger charge is -2.13. The SMILES string of the molecule is CCCOc1c(OC)cccc1-c1cnc(N)s1. The molecule has 1 aromatic carbocycles. The largest absolute Gasteiger partial charge is 0.493 e. The number of benzene rings is 1. The molecular weight excluding hydrogens is 248 g/mol. The summed E-state index contributed by atoms with van der Waals surface area (Å²) in [7, 11) is 1.64. The van der Waals surface area contributed by atoms with Crippen molar-refractivity contribution < 1.29 is 9.47 Å². The Morgan fingerprint density at radius 2 is 2.22 bits per heavy atom. The maximum absolute atomic E-state index is 5.79. The Hall–Kier alpha value is -1.75. The van der Waals surface area contributed by atoms with E-state index in [9.17, 15) is 0 Å². The first-order chi connectivity index (χ1) is 8.76. The Morgan fingerprint density at radius 1 is 1.39 bits per heavy atom. The number of hydrogen-bond acceptors (Lipinski definition) is 5. The molecule has 4 nitrogen and oxygen atoms in total. The Bertz CT molecular complexity index is 525. The van der Waals surface area contributed by atoms with Crippen molar-refractivity contribution in [3.05, 3.63) is 24.4 Å². The van der Waals surface area contributed by atoms with Crippen LogP contribution in [0.1, 0.15) is 13.3 Å². The summed E-state index contributed by atoms with van der Waals surface area (Å²) in [6, 6.07) is 5.81. The number of para-hydroxylation sites is 1. The van der Waals surface area contributed by atoms with E-state index in [1.165, 1.54) is 11.3 Å². The number of rotatable bonds is 5. The molecule has 2 aromatic rings. The highest BCUT2D eigenvalue weighted by atomic mass is 32.1. The molecule has 0 aliphatic heterocycles. The van der Waals surface area contributed by atoms with Crippen LogP contribution in [0.2, 0.25) is 0 Å². The molecule has 18 heavy (non-hydrogen) atoms. The van der Waals surface area contributed by atoms with Crippen LogP contribution in [-0.2, 0) is 0 Å². The summed E-state index contributed by atoms with van der Waals surface area (Å²) >= 11 is 1.44. The van der Waals surface area contributed by atoms with Gasteiger partial charge in [0.25, 0.3) is 0 Å². The molecule has 1 heterocycles. The molecule has 0 amide bonds. The van der Waals surface area contributed by atoms with Crippen LogP contribution < -0.4 is 15.2 Å². The van der Waals surface area contributed by atoms with Gasteiger partial charge in [0.2, 0.25) is 0 Å². The van der Waals surface area contributed by atoms with Crippen LogP contribution in [0.4, 0.5) is 5.13 Å². The fraction of sp³-hybridized carbons (Fsp3) is 0.308. The predicted molar refractivity (Wildman–Crippen MR) is 74.3 cm³/mol. The highest BCUT2D eigenvalue weighted by molar-refractivity contribution is 7.18. The molecule has 1 aromatic heterocycles. The number of anilines is 1. The number of hydrogen-bond donors (Lipinski definition) is 1. The van der Waals surface area contributed by atoms with Gasteiger partial charge in [-0.3, -0.25) is 0 Å². The van der Waals surface area contributed by atoms with Gasteiger partial charge in [-0.2, -0.15) is 0 Å². The molecule has 0 saturated carbocycles. The zero-order valence-corrected chi connectivity index (χ0v) is 11.3. The summed E-state index contributed by atoms with van der Waals surface area (Å²) in [6.07, 6.45) is 2.70. The molecule has 0 atom stereocenters. The normalized spacial score (nSPS) is 10.3. The summed E-state index contributed by atoms with van der Waals surface area (Å²) in [4.78, 5) is 5.05. The Balaban J connectivity index is 2.45. The molecule has 2 rings (SSSR count). The smallest absolute Gasteiger partial charge is 0.180 e. The number of ether oxygens (including phenoxy) is 2. The number of aromatic nitrogens is 1. The molecule has 0 saturated heterocycles. The summed E-state index contributed by atoms with van der Waals surface area (Å²) in [5, 5.41) is 0.550. The van der Waals surface area contributed by atoms with E-state index in [0.717, 1.165) is 28.4 Å². The van der Waals surface area contributed by atoms with Crippen molar-refractivity contribution in [3.63, 3.8) is 0 Å². The lowest BCUT2D eigenvalue weighted by molar-refractivity contribution is 0.295. The molecular formula is C13H16N2O2S. The first kappa shape index (κ1) is 12.7. The van der Waals surface area contributed by atoms with Crippen molar-refractivity contribution in [2.45, 2.75) is 13.3 Å². The summed E-state index contributed by atoms with van der Waals surface area (Å²) < 4.78 is 11.1. The molecule has 0 bridgehead atoms. The van der Waals surface area contributed by atoms with E-state index >= 15 is 0 Å². The average Bonchev–Trinajstić information content (AvgIpc) is 2.82. The third-order valence-corrected chi connectivity index (χ3v) is 3.30. The second-order valence-corrected chi connectivity index (χ2v) is 4.81. The van der Waals surface area contributed by atoms with E-state index in [1.54, 1.807) is 13.3 Å². The van der Waals surface area contributed by atoms with Gasteiger partial charge in [0.1, 0.15) is 0 Å². The van der Waals surface area contributed by atoms with Crippen molar-refractivity contribution in [2.24, 2.45) is 0 Å². The number of thiazole rings is 1. The second kappa shape index (κ2) is 5.73. The number of nitrogens with two attached hydrogens (primary N) is 1. The maximum Gasteiger partial charge on any atom is 0.180 e. The molecule has 0 unspecified atom stereocenters. The zero-order chi connectivity index (χ0) is 13.0. The predicted octanol–water partition coefficient (Wildman–Crippen LogP) is 3.19. The van der Waals surface area contributed by atoms with E-state index in [-0.39, 0.29) is 0 Å². The Kier molecular flexibility index (Phi) is 4.04. The minimum absolute atomic E-state index is 0.550. The summed E-state index contributed by atoms with van der Waals surface area (Å²) in [5.74, 6) is 1.48. The topological polar surface area (TPSA) is 57.4 Å². The molecule has 0 aliphatic carbocycles. The minimum atomic E-state index is 0.550. The van der Waals surface area contributed by atoms with Crippen LogP contribution in [0.25, 0.3) is 10.4 Å². The van der Waals surface area contributed by atoms with Crippen molar-refractivity contribution in [1.82, 2.24) is 4.98 Å². The van der Waals surface area contributed by atoms with Crippen LogP contribution in [0.15, 0.2) is 24.4 Å². The van der Waals surface area contributed by atoms with Crippen molar-refractivity contribution in [3.8, 4) is 21.9 Å². The number of nitrogens with zero attached hydrogens (tertiary/aromatic N) is 1. The van der Waals surface area contributed by atoms with Gasteiger partial charge in [0, 0.05) is 11.8 Å². The monoisotopic (exact) mass is 264 g/mol. The van der Waals surface area contributed by atoms with Crippen LogP contribution in [0, 0.1) is 0 Å². The van der Waals surface area contributed by atoms with Gasteiger partial charge in [-0.05, 0) is 18.6 Å². The quantitative estimate of drug-likeness (QED) is 0.901. The van der Waals surface area contributed by atoms with E-state index in [2.05, 4.69) is 11.9 Å². The van der Waals surface area contributed by atoms with Crippen LogP contribution in [0.5, 0.6) is 11.5 Å². The lowest BCUT2D eigenvalue weighted by atomic mass is 10.1. The third-order valence-electron chi connectivity index (χ3n) is 2.44. The van der Waals surface area contributed by atoms with Gasteiger partial charge in [-0.25, -0.2) is 4.98 Å². The number of nitrogen functional groups attached to an aromatic ring is 1. The fourth-order valence-electron chi connectivity index (χ4n) is 1.64. The van der Waals surface area contributed by atoms with Crippen molar-refractivity contribution in [2.75, 3.05) is 19.5 Å². The van der Waals surface area contributed by atoms with E-state index in [0.29, 0.717) is 11.7 Å². The molecule has 0 spiro atoms. The summed E-state index contributed by atoms with van der Waals surface area (Å²) in [5.41, 5.74) is 6.64. The van der Waals surface area contributed by atoms with Gasteiger partial charge >= 0.3 is 0 Å². The van der Waals surface area contributed by atoms with Crippen LogP contribution >= 0.6 is 11.3 Å². The maximum atomic E-state index is 5.79. The second-order valence-electron chi connectivity index (χ2n) is 3.75. The van der Waals surface area contributed by atoms with E-state index < -0.39 is 0 Å². The number of methoxy groups -OCH3 is 1. The fourth-order valence-corrected chi connectivity index (χ4v) is 2.34. The molecule has 5 heteroatoms. The van der Waals surface area contributed by atoms with Gasteiger partial charge in [-0.15, -0.1) is 0 Å². The highest BCUT2D eigenvalue weighted by Gasteiger charge is 2.14. The Morgan fingerprint density at radius 3 is 2.83 bits per heavy atom. The first-order valence-corrected chi connectivity index (χ1v) is 6.59. The van der Waals surface area contributed by atoms with Gasteiger partial charge in [0.15, 0.2) is 16.6 Å². The highest BCUT2D eigenvalue weighted by Crippen LogP contribution is 2.40. The average molecular weight is 264 g/mol. The zero-order valence-electron chi connectivity index (χ0n) is 10.5. The van der Waals surface area contributed by atoms with Crippen molar-refractivity contribution in [1.29, 1.82) is 0 Å². The van der Waals surface area contributed by atoms with E-state index in [4.69, 9.17) is 15.2 Å². The lowest BCUT2D eigenvalue weighted by Crippen LogP contribution is -1.99. The molecule has 96 valence electrons. The standard InChI is InChI=1S/C13H16N2O2S/c1-3-7-17-12-9(5-4-6-10(12)16-2)11-8-15-13(14)18-11/h4-6,8H,3,7H2,1-2H3,(H2,14,15). The first-order valence-electron chi connectivity index (χ1n) is 5.77. The molecule has 2 N–H and O–H groups in total. The van der Waals surface area contributed by atoms with Gasteiger partial charge in [0.05, 0.1) is 18.6 Å². The minimum Gasteiger partial charge on any atom is -0.493 e. The van der Waals surface area contributed by atoms with E-state index in [1.807, 2.05) is 18.2 Å². The molecule has 0 fully saturated rings. The third kappa shape index (κ3) is 2.56. The van der Waals surface area contributed by atoms with Gasteiger partial charge < -0.3 is 15.2 Å². The summed E-state index contributed by atoms with van der Waals surface area (Å²) in [6.45, 7) is 2.72.